The smallest absolute Gasteiger partial charge is 0.225 e. The molecule has 0 bridgehead atoms. The van der Waals surface area contributed by atoms with Crippen LogP contribution in [0.4, 0.5) is 0 Å². The molecule has 3 atom stereocenters. The van der Waals surface area contributed by atoms with E-state index in [9.17, 15) is 4.79 Å². The standard InChI is InChI=1S/C14H26N2O2/c1-18-10-11-4-3-7-16(9-11)14(17)12-5-2-6-13(15)8-12/h11-13H,2-10,15H2,1H3. The Hall–Kier alpha value is -0.610. The highest BCUT2D eigenvalue weighted by molar-refractivity contribution is 5.79. The zero-order chi connectivity index (χ0) is 13.0. The fourth-order valence-corrected chi connectivity index (χ4v) is 3.35. The van der Waals surface area contributed by atoms with Crippen LogP contribution >= 0.6 is 0 Å². The van der Waals surface area contributed by atoms with Crippen molar-refractivity contribution in [3.05, 3.63) is 0 Å². The molecule has 0 radical (unpaired) electrons. The number of amides is 1. The molecule has 0 aromatic heterocycles. The first-order chi connectivity index (χ1) is 8.70. The average molecular weight is 254 g/mol. The molecule has 1 aliphatic heterocycles. The maximum atomic E-state index is 12.5. The van der Waals surface area contributed by atoms with Gasteiger partial charge in [0, 0.05) is 32.2 Å². The molecule has 1 saturated carbocycles. The number of likely N-dealkylation sites (tertiary alicyclic amines) is 1. The zero-order valence-corrected chi connectivity index (χ0v) is 11.4. The predicted molar refractivity (Wildman–Crippen MR) is 71.1 cm³/mol. The minimum atomic E-state index is 0.176. The fraction of sp³-hybridized carbons (Fsp3) is 0.929. The lowest BCUT2D eigenvalue weighted by atomic mass is 9.84. The van der Waals surface area contributed by atoms with Gasteiger partial charge in [-0.05, 0) is 38.0 Å². The molecule has 1 heterocycles. The molecule has 1 amide bonds. The van der Waals surface area contributed by atoms with Gasteiger partial charge in [0.1, 0.15) is 0 Å². The van der Waals surface area contributed by atoms with E-state index >= 15 is 0 Å². The largest absolute Gasteiger partial charge is 0.384 e. The highest BCUT2D eigenvalue weighted by Crippen LogP contribution is 2.27. The van der Waals surface area contributed by atoms with Gasteiger partial charge in [-0.25, -0.2) is 0 Å². The second-order valence-electron chi connectivity index (χ2n) is 5.87. The van der Waals surface area contributed by atoms with Crippen LogP contribution in [0.2, 0.25) is 0 Å². The number of piperidine rings is 1. The van der Waals surface area contributed by atoms with Crippen molar-refractivity contribution in [2.75, 3.05) is 26.8 Å². The molecule has 104 valence electrons. The van der Waals surface area contributed by atoms with E-state index in [0.717, 1.165) is 51.8 Å². The molecular formula is C14H26N2O2. The number of hydrogen-bond donors (Lipinski definition) is 1. The summed E-state index contributed by atoms with van der Waals surface area (Å²) in [7, 11) is 1.74. The summed E-state index contributed by atoms with van der Waals surface area (Å²) < 4.78 is 5.21. The molecule has 2 aliphatic rings. The summed E-state index contributed by atoms with van der Waals surface area (Å²) in [4.78, 5) is 14.5. The van der Waals surface area contributed by atoms with Gasteiger partial charge in [-0.1, -0.05) is 6.42 Å². The Balaban J connectivity index is 1.87. The number of nitrogens with zero attached hydrogens (tertiary/aromatic N) is 1. The van der Waals surface area contributed by atoms with Crippen molar-refractivity contribution in [3.63, 3.8) is 0 Å². The van der Waals surface area contributed by atoms with Gasteiger partial charge in [0.2, 0.25) is 5.91 Å². The maximum absolute atomic E-state index is 12.5. The van der Waals surface area contributed by atoms with Gasteiger partial charge in [0.25, 0.3) is 0 Å². The van der Waals surface area contributed by atoms with Crippen LogP contribution in [0.15, 0.2) is 0 Å². The van der Waals surface area contributed by atoms with Crippen molar-refractivity contribution in [2.45, 2.75) is 44.6 Å². The van der Waals surface area contributed by atoms with E-state index in [-0.39, 0.29) is 12.0 Å². The third-order valence-electron chi connectivity index (χ3n) is 4.30. The number of carbonyl (C=O) groups excluding carboxylic acids is 1. The number of nitrogens with two attached hydrogens (primary N) is 1. The molecule has 4 heteroatoms. The average Bonchev–Trinajstić information content (AvgIpc) is 2.39. The minimum Gasteiger partial charge on any atom is -0.384 e. The van der Waals surface area contributed by atoms with Crippen LogP contribution in [0.25, 0.3) is 0 Å². The van der Waals surface area contributed by atoms with Crippen LogP contribution < -0.4 is 5.73 Å². The summed E-state index contributed by atoms with van der Waals surface area (Å²) >= 11 is 0. The van der Waals surface area contributed by atoms with Crippen molar-refractivity contribution < 1.29 is 9.53 Å². The van der Waals surface area contributed by atoms with E-state index in [2.05, 4.69) is 4.90 Å². The SMILES string of the molecule is COCC1CCCN(C(=O)C2CCCC(N)C2)C1. The first kappa shape index (κ1) is 13.8. The molecule has 2 rings (SSSR count). The number of hydrogen-bond acceptors (Lipinski definition) is 3. The molecule has 0 aromatic rings. The molecular weight excluding hydrogens is 228 g/mol. The first-order valence-electron chi connectivity index (χ1n) is 7.24. The Morgan fingerprint density at radius 1 is 1.33 bits per heavy atom. The Labute approximate surface area is 110 Å². The van der Waals surface area contributed by atoms with Crippen LogP contribution in [0.3, 0.4) is 0 Å². The molecule has 2 fully saturated rings. The molecule has 2 N–H and O–H groups in total. The number of methoxy groups -OCH3 is 1. The van der Waals surface area contributed by atoms with Crippen molar-refractivity contribution >= 4 is 5.91 Å². The minimum absolute atomic E-state index is 0.176. The van der Waals surface area contributed by atoms with E-state index < -0.39 is 0 Å². The van der Waals surface area contributed by atoms with Gasteiger partial charge in [0.15, 0.2) is 0 Å². The normalized spacial score (nSPS) is 33.4. The van der Waals surface area contributed by atoms with Crippen LogP contribution in [-0.2, 0) is 9.53 Å². The highest BCUT2D eigenvalue weighted by Gasteiger charge is 2.31. The van der Waals surface area contributed by atoms with Crippen LogP contribution in [0.5, 0.6) is 0 Å². The molecule has 1 aliphatic carbocycles. The zero-order valence-electron chi connectivity index (χ0n) is 11.4. The third-order valence-corrected chi connectivity index (χ3v) is 4.30. The molecule has 1 saturated heterocycles. The topological polar surface area (TPSA) is 55.6 Å². The summed E-state index contributed by atoms with van der Waals surface area (Å²) in [5, 5.41) is 0. The Bertz CT molecular complexity index is 281. The Kier molecular flexibility index (Phi) is 5.01. The number of rotatable bonds is 3. The third kappa shape index (κ3) is 3.45. The monoisotopic (exact) mass is 254 g/mol. The van der Waals surface area contributed by atoms with Gasteiger partial charge < -0.3 is 15.4 Å². The van der Waals surface area contributed by atoms with E-state index in [1.807, 2.05) is 0 Å². The van der Waals surface area contributed by atoms with Gasteiger partial charge in [-0.15, -0.1) is 0 Å². The number of ether oxygens (including phenoxy) is 1. The molecule has 18 heavy (non-hydrogen) atoms. The number of carbonyl (C=O) groups is 1. The summed E-state index contributed by atoms with van der Waals surface area (Å²) in [6.45, 7) is 2.57. The summed E-state index contributed by atoms with van der Waals surface area (Å²) in [6.07, 6.45) is 6.38. The van der Waals surface area contributed by atoms with E-state index in [4.69, 9.17) is 10.5 Å². The lowest BCUT2D eigenvalue weighted by Gasteiger charge is -2.36. The summed E-state index contributed by atoms with van der Waals surface area (Å²) in [5.74, 6) is 1.03. The lowest BCUT2D eigenvalue weighted by Crippen LogP contribution is -2.46. The quantitative estimate of drug-likeness (QED) is 0.828. The van der Waals surface area contributed by atoms with Gasteiger partial charge in [-0.3, -0.25) is 4.79 Å². The van der Waals surface area contributed by atoms with Crippen molar-refractivity contribution in [3.8, 4) is 0 Å². The molecule has 4 nitrogen and oxygen atoms in total. The fourth-order valence-electron chi connectivity index (χ4n) is 3.35. The van der Waals surface area contributed by atoms with Crippen LogP contribution in [-0.4, -0.2) is 43.7 Å². The Morgan fingerprint density at radius 2 is 2.17 bits per heavy atom. The van der Waals surface area contributed by atoms with Crippen LogP contribution in [0, 0.1) is 11.8 Å². The molecule has 0 spiro atoms. The van der Waals surface area contributed by atoms with Crippen molar-refractivity contribution in [2.24, 2.45) is 17.6 Å². The van der Waals surface area contributed by atoms with Gasteiger partial charge in [-0.2, -0.15) is 0 Å². The van der Waals surface area contributed by atoms with Gasteiger partial charge >= 0.3 is 0 Å². The molecule has 3 unspecified atom stereocenters. The van der Waals surface area contributed by atoms with E-state index in [1.165, 1.54) is 6.42 Å². The Morgan fingerprint density at radius 3 is 2.89 bits per heavy atom. The second-order valence-corrected chi connectivity index (χ2v) is 5.87. The summed E-state index contributed by atoms with van der Waals surface area (Å²) in [5.41, 5.74) is 5.98. The lowest BCUT2D eigenvalue weighted by molar-refractivity contribution is -0.139. The van der Waals surface area contributed by atoms with Crippen molar-refractivity contribution in [1.29, 1.82) is 0 Å². The first-order valence-corrected chi connectivity index (χ1v) is 7.24. The van der Waals surface area contributed by atoms with Crippen LogP contribution in [0.1, 0.15) is 38.5 Å². The van der Waals surface area contributed by atoms with E-state index in [0.29, 0.717) is 11.8 Å². The van der Waals surface area contributed by atoms with Gasteiger partial charge in [0.05, 0.1) is 6.61 Å². The molecule has 0 aromatic carbocycles. The second kappa shape index (κ2) is 6.53. The van der Waals surface area contributed by atoms with E-state index in [1.54, 1.807) is 7.11 Å². The summed E-state index contributed by atoms with van der Waals surface area (Å²) in [6, 6.07) is 0.229. The van der Waals surface area contributed by atoms with Crippen molar-refractivity contribution in [1.82, 2.24) is 4.90 Å². The highest BCUT2D eigenvalue weighted by atomic mass is 16.5. The maximum Gasteiger partial charge on any atom is 0.225 e. The predicted octanol–water partition coefficient (Wildman–Crippen LogP) is 1.39.